The molecule has 1 fully saturated rings. The van der Waals surface area contributed by atoms with Gasteiger partial charge in [-0.3, -0.25) is 9.69 Å². The molecule has 0 radical (unpaired) electrons. The van der Waals surface area contributed by atoms with E-state index in [4.69, 9.17) is 9.47 Å². The van der Waals surface area contributed by atoms with Crippen molar-refractivity contribution in [3.63, 3.8) is 0 Å². The fourth-order valence-electron chi connectivity index (χ4n) is 4.14. The van der Waals surface area contributed by atoms with Gasteiger partial charge in [0.15, 0.2) is 11.5 Å². The number of allylic oxidation sites excluding steroid dienone is 1. The van der Waals surface area contributed by atoms with Crippen LogP contribution in [0, 0.1) is 6.92 Å². The second kappa shape index (κ2) is 11.6. The summed E-state index contributed by atoms with van der Waals surface area (Å²) in [5.41, 5.74) is 4.07. The number of rotatable bonds is 10. The molecule has 1 aliphatic heterocycles. The monoisotopic (exact) mass is 437 g/mol. The maximum absolute atomic E-state index is 12.7. The van der Waals surface area contributed by atoms with Crippen molar-refractivity contribution < 1.29 is 14.3 Å². The van der Waals surface area contributed by atoms with Crippen LogP contribution in [0.2, 0.25) is 0 Å². The van der Waals surface area contributed by atoms with Gasteiger partial charge in [-0.15, -0.1) is 6.58 Å². The first-order chi connectivity index (χ1) is 15.5. The molecule has 0 atom stereocenters. The Morgan fingerprint density at radius 2 is 1.91 bits per heavy atom. The van der Waals surface area contributed by atoms with Crippen molar-refractivity contribution in [1.29, 1.82) is 0 Å². The van der Waals surface area contributed by atoms with Crippen LogP contribution in [0.25, 0.3) is 0 Å². The van der Waals surface area contributed by atoms with Crippen molar-refractivity contribution in [1.82, 2.24) is 10.2 Å². The summed E-state index contributed by atoms with van der Waals surface area (Å²) in [6.07, 6.45) is 3.32. The zero-order chi connectivity index (χ0) is 22.9. The largest absolute Gasteiger partial charge is 0.493 e. The smallest absolute Gasteiger partial charge is 0.251 e. The molecular weight excluding hydrogens is 402 g/mol. The SMILES string of the molecule is C=CCc1cc(C(=O)NCCCN2CCN(c3cccc(C)c3)CC2)cc(OC)c1OC. The second-order valence-electron chi connectivity index (χ2n) is 8.14. The molecule has 1 heterocycles. The lowest BCUT2D eigenvalue weighted by Crippen LogP contribution is -2.47. The molecule has 6 nitrogen and oxygen atoms in total. The lowest BCUT2D eigenvalue weighted by Gasteiger charge is -2.36. The first-order valence-corrected chi connectivity index (χ1v) is 11.2. The number of methoxy groups -OCH3 is 2. The molecule has 0 saturated carbocycles. The first kappa shape index (κ1) is 23.7. The number of carbonyl (C=O) groups excluding carboxylic acids is 1. The summed E-state index contributed by atoms with van der Waals surface area (Å²) >= 11 is 0. The number of anilines is 1. The maximum Gasteiger partial charge on any atom is 0.251 e. The lowest BCUT2D eigenvalue weighted by molar-refractivity contribution is 0.0951. The van der Waals surface area contributed by atoms with E-state index in [1.54, 1.807) is 26.4 Å². The van der Waals surface area contributed by atoms with E-state index in [9.17, 15) is 4.79 Å². The minimum absolute atomic E-state index is 0.0967. The Bertz CT molecular complexity index is 921. The Morgan fingerprint density at radius 3 is 2.56 bits per heavy atom. The van der Waals surface area contributed by atoms with Crippen LogP contribution < -0.4 is 19.7 Å². The Morgan fingerprint density at radius 1 is 1.12 bits per heavy atom. The zero-order valence-corrected chi connectivity index (χ0v) is 19.5. The maximum atomic E-state index is 12.7. The van der Waals surface area contributed by atoms with E-state index in [0.29, 0.717) is 30.0 Å². The van der Waals surface area contributed by atoms with E-state index in [-0.39, 0.29) is 5.91 Å². The standard InChI is InChI=1S/C26H35N3O3/c1-5-8-21-18-22(19-24(31-3)25(21)32-4)26(30)27-11-7-12-28-13-15-29(16-14-28)23-10-6-9-20(2)17-23/h5-6,9-10,17-19H,1,7-8,11-16H2,2-4H3,(H,27,30). The summed E-state index contributed by atoms with van der Waals surface area (Å²) in [7, 11) is 3.18. The van der Waals surface area contributed by atoms with Crippen LogP contribution in [0.1, 0.15) is 27.9 Å². The fraction of sp³-hybridized carbons (Fsp3) is 0.423. The molecule has 3 rings (SSSR count). The molecule has 0 aromatic heterocycles. The van der Waals surface area contributed by atoms with E-state index in [1.807, 2.05) is 6.07 Å². The van der Waals surface area contributed by atoms with Crippen LogP contribution in [0.5, 0.6) is 11.5 Å². The van der Waals surface area contributed by atoms with E-state index >= 15 is 0 Å². The molecular formula is C26H35N3O3. The van der Waals surface area contributed by atoms with Crippen LogP contribution in [-0.4, -0.2) is 64.3 Å². The molecule has 2 aromatic rings. The highest BCUT2D eigenvalue weighted by Crippen LogP contribution is 2.33. The molecule has 1 N–H and O–H groups in total. The summed E-state index contributed by atoms with van der Waals surface area (Å²) in [5.74, 6) is 1.11. The van der Waals surface area contributed by atoms with E-state index < -0.39 is 0 Å². The van der Waals surface area contributed by atoms with Crippen LogP contribution >= 0.6 is 0 Å². The highest BCUT2D eigenvalue weighted by Gasteiger charge is 2.18. The third-order valence-electron chi connectivity index (χ3n) is 5.86. The normalized spacial score (nSPS) is 14.2. The van der Waals surface area contributed by atoms with Crippen LogP contribution in [0.15, 0.2) is 49.1 Å². The Kier molecular flexibility index (Phi) is 8.56. The minimum Gasteiger partial charge on any atom is -0.493 e. The Labute approximate surface area is 191 Å². The number of nitrogens with one attached hydrogen (secondary N) is 1. The average molecular weight is 438 g/mol. The van der Waals surface area contributed by atoms with Crippen molar-refractivity contribution in [2.24, 2.45) is 0 Å². The molecule has 1 aliphatic rings. The van der Waals surface area contributed by atoms with Gasteiger partial charge in [-0.05, 0) is 56.1 Å². The van der Waals surface area contributed by atoms with Gasteiger partial charge in [0.25, 0.3) is 5.91 Å². The van der Waals surface area contributed by atoms with Gasteiger partial charge in [0.1, 0.15) is 0 Å². The molecule has 2 aromatic carbocycles. The van der Waals surface area contributed by atoms with Gasteiger partial charge in [0.2, 0.25) is 0 Å². The highest BCUT2D eigenvalue weighted by atomic mass is 16.5. The number of hydrogen-bond acceptors (Lipinski definition) is 5. The summed E-state index contributed by atoms with van der Waals surface area (Å²) in [4.78, 5) is 17.6. The van der Waals surface area contributed by atoms with Gasteiger partial charge in [0, 0.05) is 49.5 Å². The quantitative estimate of drug-likeness (QED) is 0.454. The third-order valence-corrected chi connectivity index (χ3v) is 5.86. The number of benzene rings is 2. The summed E-state index contributed by atoms with van der Waals surface area (Å²) in [6, 6.07) is 12.3. The van der Waals surface area contributed by atoms with Crippen molar-refractivity contribution in [3.05, 3.63) is 65.7 Å². The highest BCUT2D eigenvalue weighted by molar-refractivity contribution is 5.95. The number of ether oxygens (including phenoxy) is 2. The first-order valence-electron chi connectivity index (χ1n) is 11.2. The van der Waals surface area contributed by atoms with Crippen LogP contribution in [0.4, 0.5) is 5.69 Å². The van der Waals surface area contributed by atoms with Gasteiger partial charge in [-0.25, -0.2) is 0 Å². The van der Waals surface area contributed by atoms with Crippen molar-refractivity contribution in [2.45, 2.75) is 19.8 Å². The lowest BCUT2D eigenvalue weighted by atomic mass is 10.0. The van der Waals surface area contributed by atoms with Crippen LogP contribution in [0.3, 0.4) is 0 Å². The topological polar surface area (TPSA) is 54.0 Å². The van der Waals surface area contributed by atoms with Gasteiger partial charge < -0.3 is 19.7 Å². The summed E-state index contributed by atoms with van der Waals surface area (Å²) in [6.45, 7) is 11.7. The molecule has 6 heteroatoms. The predicted octanol–water partition coefficient (Wildman–Crippen LogP) is 3.68. The molecule has 32 heavy (non-hydrogen) atoms. The molecule has 0 aliphatic carbocycles. The number of aryl methyl sites for hydroxylation is 1. The number of hydrogen-bond donors (Lipinski definition) is 1. The van der Waals surface area contributed by atoms with E-state index in [2.05, 4.69) is 52.9 Å². The average Bonchev–Trinajstić information content (AvgIpc) is 2.81. The summed E-state index contributed by atoms with van der Waals surface area (Å²) < 4.78 is 10.9. The van der Waals surface area contributed by atoms with Crippen molar-refractivity contribution in [2.75, 3.05) is 58.4 Å². The van der Waals surface area contributed by atoms with E-state index in [0.717, 1.165) is 44.7 Å². The Hall–Kier alpha value is -2.99. The number of carbonyl (C=O) groups is 1. The predicted molar refractivity (Wildman–Crippen MR) is 130 cm³/mol. The molecule has 172 valence electrons. The van der Waals surface area contributed by atoms with Crippen molar-refractivity contribution >= 4 is 11.6 Å². The number of amides is 1. The second-order valence-corrected chi connectivity index (χ2v) is 8.14. The molecule has 1 saturated heterocycles. The Balaban J connectivity index is 1.45. The number of nitrogens with zero attached hydrogens (tertiary/aromatic N) is 2. The van der Waals surface area contributed by atoms with Gasteiger partial charge in [-0.2, -0.15) is 0 Å². The van der Waals surface area contributed by atoms with E-state index in [1.165, 1.54) is 11.3 Å². The summed E-state index contributed by atoms with van der Waals surface area (Å²) in [5, 5.41) is 3.04. The van der Waals surface area contributed by atoms with Gasteiger partial charge in [-0.1, -0.05) is 18.2 Å². The van der Waals surface area contributed by atoms with Gasteiger partial charge in [0.05, 0.1) is 14.2 Å². The molecule has 1 amide bonds. The molecule has 0 spiro atoms. The molecule has 0 unspecified atom stereocenters. The van der Waals surface area contributed by atoms with Crippen molar-refractivity contribution in [3.8, 4) is 11.5 Å². The fourth-order valence-corrected chi connectivity index (χ4v) is 4.14. The third kappa shape index (κ3) is 6.04. The molecule has 0 bridgehead atoms. The zero-order valence-electron chi connectivity index (χ0n) is 19.5. The number of piperazine rings is 1. The van der Waals surface area contributed by atoms with Gasteiger partial charge >= 0.3 is 0 Å². The minimum atomic E-state index is -0.0967. The van der Waals surface area contributed by atoms with Crippen LogP contribution in [-0.2, 0) is 6.42 Å².